The zero-order valence-corrected chi connectivity index (χ0v) is 11.6. The number of aromatic carboxylic acids is 1. The van der Waals surface area contributed by atoms with Gasteiger partial charge in [-0.25, -0.2) is 13.6 Å². The van der Waals surface area contributed by atoms with Crippen molar-refractivity contribution >= 4 is 11.7 Å². The number of carboxylic acid groups (broad SMARTS) is 1. The summed E-state index contributed by atoms with van der Waals surface area (Å²) >= 11 is 0. The number of hydrogen-bond donors (Lipinski definition) is 1. The number of halogens is 5. The lowest BCUT2D eigenvalue weighted by Gasteiger charge is -2.34. The van der Waals surface area contributed by atoms with Crippen LogP contribution in [0.3, 0.4) is 0 Å². The Morgan fingerprint density at radius 1 is 1.32 bits per heavy atom. The molecule has 0 amide bonds. The minimum absolute atomic E-state index is 0.274. The van der Waals surface area contributed by atoms with Gasteiger partial charge in [-0.2, -0.15) is 13.2 Å². The van der Waals surface area contributed by atoms with Gasteiger partial charge in [0.1, 0.15) is 23.2 Å². The van der Waals surface area contributed by atoms with Crippen LogP contribution in [0.5, 0.6) is 0 Å². The average molecular weight is 323 g/mol. The molecule has 0 aromatic heterocycles. The molecule has 1 atom stereocenters. The number of rotatable bonds is 5. The van der Waals surface area contributed by atoms with Gasteiger partial charge < -0.3 is 10.0 Å². The molecule has 0 aliphatic heterocycles. The summed E-state index contributed by atoms with van der Waals surface area (Å²) in [7, 11) is 0. The molecule has 1 saturated carbocycles. The predicted octanol–water partition coefficient (Wildman–Crippen LogP) is 3.97. The fourth-order valence-corrected chi connectivity index (χ4v) is 2.50. The van der Waals surface area contributed by atoms with Crippen molar-refractivity contribution < 1.29 is 31.9 Å². The molecule has 8 heteroatoms. The van der Waals surface area contributed by atoms with Gasteiger partial charge in [-0.15, -0.1) is 0 Å². The molecule has 1 aromatic carbocycles. The van der Waals surface area contributed by atoms with Crippen LogP contribution in [-0.2, 0) is 0 Å². The number of nitrogens with zero attached hydrogens (tertiary/aromatic N) is 1. The quantitative estimate of drug-likeness (QED) is 0.834. The van der Waals surface area contributed by atoms with Crippen LogP contribution in [-0.4, -0.2) is 29.3 Å². The number of hydrogen-bond acceptors (Lipinski definition) is 2. The third kappa shape index (κ3) is 3.15. The Balaban J connectivity index is 2.48. The Morgan fingerprint density at radius 3 is 2.14 bits per heavy atom. The molecule has 0 bridgehead atoms. The Kier molecular flexibility index (Phi) is 4.30. The maximum atomic E-state index is 13.7. The molecule has 1 N–H and O–H groups in total. The second kappa shape index (κ2) is 5.73. The monoisotopic (exact) mass is 323 g/mol. The molecule has 1 aromatic rings. The summed E-state index contributed by atoms with van der Waals surface area (Å²) in [6.45, 7) is 1.34. The summed E-state index contributed by atoms with van der Waals surface area (Å²) < 4.78 is 66.9. The fraction of sp³-hybridized carbons (Fsp3) is 0.500. The summed E-state index contributed by atoms with van der Waals surface area (Å²) in [6.07, 6.45) is -3.83. The summed E-state index contributed by atoms with van der Waals surface area (Å²) in [6, 6.07) is -1.01. The standard InChI is InChI=1S/C14H14F5NO2/c1-2-11(14(17,18)19)20(7-3-4-7)8-5-9(15)12(13(21)22)10(16)6-8/h5-7,11H,2-4H2,1H3,(H,21,22)/t11-/m1/s1. The SMILES string of the molecule is CC[C@@H](N(c1cc(F)c(C(=O)O)c(F)c1)C1CC1)C(F)(F)F. The highest BCUT2D eigenvalue weighted by atomic mass is 19.4. The van der Waals surface area contributed by atoms with E-state index in [0.29, 0.717) is 25.0 Å². The van der Waals surface area contributed by atoms with Crippen molar-refractivity contribution in [1.29, 1.82) is 0 Å². The Morgan fingerprint density at radius 2 is 1.82 bits per heavy atom. The second-order valence-corrected chi connectivity index (χ2v) is 5.19. The van der Waals surface area contributed by atoms with Crippen LogP contribution in [0, 0.1) is 11.6 Å². The maximum absolute atomic E-state index is 13.7. The van der Waals surface area contributed by atoms with Gasteiger partial charge in [-0.1, -0.05) is 6.92 Å². The van der Waals surface area contributed by atoms with Gasteiger partial charge in [0.2, 0.25) is 0 Å². The van der Waals surface area contributed by atoms with Crippen molar-refractivity contribution in [2.75, 3.05) is 4.90 Å². The summed E-state index contributed by atoms with van der Waals surface area (Å²) in [5.41, 5.74) is -1.45. The van der Waals surface area contributed by atoms with E-state index in [1.54, 1.807) is 0 Å². The van der Waals surface area contributed by atoms with Gasteiger partial charge in [0.05, 0.1) is 0 Å². The van der Waals surface area contributed by atoms with Crippen molar-refractivity contribution in [3.05, 3.63) is 29.3 Å². The number of carbonyl (C=O) groups is 1. The third-order valence-electron chi connectivity index (χ3n) is 3.58. The zero-order chi connectivity index (χ0) is 16.7. The van der Waals surface area contributed by atoms with E-state index in [1.165, 1.54) is 6.92 Å². The van der Waals surface area contributed by atoms with Gasteiger partial charge in [0, 0.05) is 11.7 Å². The summed E-state index contributed by atoms with van der Waals surface area (Å²) in [5.74, 6) is -4.57. The van der Waals surface area contributed by atoms with Crippen molar-refractivity contribution in [2.45, 2.75) is 44.4 Å². The Labute approximate surface area is 123 Å². The predicted molar refractivity (Wildman–Crippen MR) is 69.0 cm³/mol. The first-order chi connectivity index (χ1) is 10.2. The van der Waals surface area contributed by atoms with Crippen LogP contribution in [0.4, 0.5) is 27.6 Å². The average Bonchev–Trinajstić information content (AvgIpc) is 3.16. The maximum Gasteiger partial charge on any atom is 0.408 e. The van der Waals surface area contributed by atoms with Crippen LogP contribution < -0.4 is 4.90 Å². The third-order valence-corrected chi connectivity index (χ3v) is 3.58. The van der Waals surface area contributed by atoms with Crippen LogP contribution in [0.15, 0.2) is 12.1 Å². The molecule has 0 unspecified atom stereocenters. The first-order valence-corrected chi connectivity index (χ1v) is 6.74. The van der Waals surface area contributed by atoms with Crippen molar-refractivity contribution in [3.8, 4) is 0 Å². The normalized spacial score (nSPS) is 16.5. The van der Waals surface area contributed by atoms with E-state index in [0.717, 1.165) is 4.90 Å². The molecule has 0 radical (unpaired) electrons. The lowest BCUT2D eigenvalue weighted by atomic mass is 10.1. The number of alkyl halides is 3. The first kappa shape index (κ1) is 16.5. The number of carboxylic acids is 1. The Bertz CT molecular complexity index is 560. The van der Waals surface area contributed by atoms with E-state index in [-0.39, 0.29) is 12.1 Å². The highest BCUT2D eigenvalue weighted by molar-refractivity contribution is 5.88. The van der Waals surface area contributed by atoms with Crippen LogP contribution in [0.2, 0.25) is 0 Å². The van der Waals surface area contributed by atoms with Crippen LogP contribution >= 0.6 is 0 Å². The van der Waals surface area contributed by atoms with E-state index in [1.807, 2.05) is 0 Å². The molecular formula is C14H14F5NO2. The zero-order valence-electron chi connectivity index (χ0n) is 11.6. The molecular weight excluding hydrogens is 309 g/mol. The molecule has 1 aliphatic rings. The molecule has 22 heavy (non-hydrogen) atoms. The molecule has 0 heterocycles. The van der Waals surface area contributed by atoms with Gasteiger partial charge in [-0.3, -0.25) is 0 Å². The largest absolute Gasteiger partial charge is 0.477 e. The first-order valence-electron chi connectivity index (χ1n) is 6.74. The molecule has 122 valence electrons. The molecule has 3 nitrogen and oxygen atoms in total. The number of anilines is 1. The summed E-state index contributed by atoms with van der Waals surface area (Å²) in [5, 5.41) is 8.71. The second-order valence-electron chi connectivity index (χ2n) is 5.19. The van der Waals surface area contributed by atoms with E-state index >= 15 is 0 Å². The van der Waals surface area contributed by atoms with E-state index in [4.69, 9.17) is 5.11 Å². The van der Waals surface area contributed by atoms with E-state index in [2.05, 4.69) is 0 Å². The topological polar surface area (TPSA) is 40.5 Å². The smallest absolute Gasteiger partial charge is 0.408 e. The molecule has 0 spiro atoms. The lowest BCUT2D eigenvalue weighted by molar-refractivity contribution is -0.149. The molecule has 2 rings (SSSR count). The molecule has 1 fully saturated rings. The fourth-order valence-electron chi connectivity index (χ4n) is 2.50. The summed E-state index contributed by atoms with van der Waals surface area (Å²) in [4.78, 5) is 11.7. The van der Waals surface area contributed by atoms with Gasteiger partial charge >= 0.3 is 12.1 Å². The highest BCUT2D eigenvalue weighted by Crippen LogP contribution is 2.40. The van der Waals surface area contributed by atoms with Crippen molar-refractivity contribution in [2.24, 2.45) is 0 Å². The number of benzene rings is 1. The van der Waals surface area contributed by atoms with E-state index in [9.17, 15) is 26.7 Å². The molecule has 1 aliphatic carbocycles. The minimum Gasteiger partial charge on any atom is -0.477 e. The molecule has 0 saturated heterocycles. The highest BCUT2D eigenvalue weighted by Gasteiger charge is 2.47. The Hall–Kier alpha value is -1.86. The van der Waals surface area contributed by atoms with Gasteiger partial charge in [0.25, 0.3) is 0 Å². The van der Waals surface area contributed by atoms with E-state index < -0.39 is 41.4 Å². The van der Waals surface area contributed by atoms with Crippen LogP contribution in [0.1, 0.15) is 36.5 Å². The van der Waals surface area contributed by atoms with Crippen molar-refractivity contribution in [1.82, 2.24) is 0 Å². The van der Waals surface area contributed by atoms with Crippen molar-refractivity contribution in [3.63, 3.8) is 0 Å². The van der Waals surface area contributed by atoms with Crippen LogP contribution in [0.25, 0.3) is 0 Å². The van der Waals surface area contributed by atoms with Gasteiger partial charge in [0.15, 0.2) is 0 Å². The minimum atomic E-state index is -4.55. The van der Waals surface area contributed by atoms with Gasteiger partial charge in [-0.05, 0) is 31.4 Å². The lowest BCUT2D eigenvalue weighted by Crippen LogP contribution is -2.47.